The topological polar surface area (TPSA) is 43.4 Å². The van der Waals surface area contributed by atoms with Gasteiger partial charge in [-0.2, -0.15) is 5.26 Å². The molecule has 4 nitrogen and oxygen atoms in total. The SMILES string of the molecule is N#Cc1cccc(CN2CCN(Cc3ccco3)CC2)c1. The molecule has 1 saturated heterocycles. The molecule has 1 aromatic carbocycles. The molecule has 1 aromatic heterocycles. The smallest absolute Gasteiger partial charge is 0.117 e. The van der Waals surface area contributed by atoms with Crippen molar-refractivity contribution in [3.63, 3.8) is 0 Å². The van der Waals surface area contributed by atoms with Gasteiger partial charge in [0.25, 0.3) is 0 Å². The molecule has 108 valence electrons. The van der Waals surface area contributed by atoms with Crippen molar-refractivity contribution in [1.82, 2.24) is 9.80 Å². The minimum atomic E-state index is 0.740. The van der Waals surface area contributed by atoms with E-state index < -0.39 is 0 Å². The predicted octanol–water partition coefficient (Wildman–Crippen LogP) is 2.47. The van der Waals surface area contributed by atoms with E-state index in [1.165, 1.54) is 5.56 Å². The molecule has 1 fully saturated rings. The van der Waals surface area contributed by atoms with Crippen LogP contribution in [-0.2, 0) is 13.1 Å². The molecule has 2 heterocycles. The Kier molecular flexibility index (Phi) is 4.34. The van der Waals surface area contributed by atoms with Gasteiger partial charge in [0.05, 0.1) is 24.4 Å². The third-order valence-electron chi connectivity index (χ3n) is 3.89. The third-order valence-corrected chi connectivity index (χ3v) is 3.89. The highest BCUT2D eigenvalue weighted by molar-refractivity contribution is 5.32. The summed E-state index contributed by atoms with van der Waals surface area (Å²) in [5.41, 5.74) is 1.96. The van der Waals surface area contributed by atoms with Crippen molar-refractivity contribution >= 4 is 0 Å². The molecule has 0 spiro atoms. The van der Waals surface area contributed by atoms with E-state index in [9.17, 15) is 0 Å². The van der Waals surface area contributed by atoms with E-state index in [1.807, 2.05) is 30.3 Å². The van der Waals surface area contributed by atoms with E-state index in [-0.39, 0.29) is 0 Å². The first-order valence-corrected chi connectivity index (χ1v) is 7.29. The van der Waals surface area contributed by atoms with Gasteiger partial charge in [-0.05, 0) is 29.8 Å². The van der Waals surface area contributed by atoms with Crippen LogP contribution in [0.3, 0.4) is 0 Å². The van der Waals surface area contributed by atoms with E-state index in [1.54, 1.807) is 6.26 Å². The number of furan rings is 1. The molecule has 0 amide bonds. The maximum atomic E-state index is 8.95. The van der Waals surface area contributed by atoms with Crippen molar-refractivity contribution in [2.24, 2.45) is 0 Å². The molecule has 0 bridgehead atoms. The summed E-state index contributed by atoms with van der Waals surface area (Å²) in [5.74, 6) is 1.03. The average Bonchev–Trinajstić information content (AvgIpc) is 3.02. The first-order valence-electron chi connectivity index (χ1n) is 7.29. The van der Waals surface area contributed by atoms with Crippen LogP contribution in [0.2, 0.25) is 0 Å². The van der Waals surface area contributed by atoms with Crippen LogP contribution in [0.15, 0.2) is 47.1 Å². The maximum absolute atomic E-state index is 8.95. The molecule has 0 unspecified atom stereocenters. The lowest BCUT2D eigenvalue weighted by atomic mass is 10.1. The van der Waals surface area contributed by atoms with Gasteiger partial charge in [-0.1, -0.05) is 12.1 Å². The minimum Gasteiger partial charge on any atom is -0.468 e. The molecular formula is C17H19N3O. The van der Waals surface area contributed by atoms with E-state index in [0.717, 1.165) is 50.6 Å². The minimum absolute atomic E-state index is 0.740. The Balaban J connectivity index is 1.50. The van der Waals surface area contributed by atoms with Crippen LogP contribution in [0.25, 0.3) is 0 Å². The lowest BCUT2D eigenvalue weighted by Gasteiger charge is -2.34. The maximum Gasteiger partial charge on any atom is 0.117 e. The molecule has 2 aromatic rings. The van der Waals surface area contributed by atoms with Crippen molar-refractivity contribution in [3.8, 4) is 6.07 Å². The fourth-order valence-electron chi connectivity index (χ4n) is 2.73. The summed E-state index contributed by atoms with van der Waals surface area (Å²) in [4.78, 5) is 4.86. The Labute approximate surface area is 125 Å². The number of benzene rings is 1. The van der Waals surface area contributed by atoms with E-state index in [2.05, 4.69) is 21.9 Å². The van der Waals surface area contributed by atoms with Gasteiger partial charge in [-0.25, -0.2) is 0 Å². The van der Waals surface area contributed by atoms with E-state index in [4.69, 9.17) is 9.68 Å². The molecule has 0 atom stereocenters. The van der Waals surface area contributed by atoms with Crippen LogP contribution in [-0.4, -0.2) is 36.0 Å². The van der Waals surface area contributed by atoms with Crippen molar-refractivity contribution < 1.29 is 4.42 Å². The zero-order valence-electron chi connectivity index (χ0n) is 12.0. The average molecular weight is 281 g/mol. The first-order chi connectivity index (χ1) is 10.3. The summed E-state index contributed by atoms with van der Waals surface area (Å²) >= 11 is 0. The number of nitriles is 1. The molecule has 1 aliphatic heterocycles. The second-order valence-corrected chi connectivity index (χ2v) is 5.44. The van der Waals surface area contributed by atoms with Gasteiger partial charge in [0.2, 0.25) is 0 Å². The van der Waals surface area contributed by atoms with Gasteiger partial charge in [0.15, 0.2) is 0 Å². The molecule has 0 radical (unpaired) electrons. The van der Waals surface area contributed by atoms with Crippen LogP contribution in [0.4, 0.5) is 0 Å². The van der Waals surface area contributed by atoms with Crippen LogP contribution in [0, 0.1) is 11.3 Å². The summed E-state index contributed by atoms with van der Waals surface area (Å²) in [5, 5.41) is 8.95. The Morgan fingerprint density at radius 1 is 1.00 bits per heavy atom. The summed E-state index contributed by atoms with van der Waals surface area (Å²) in [6.45, 7) is 6.03. The molecular weight excluding hydrogens is 262 g/mol. The number of nitrogens with zero attached hydrogens (tertiary/aromatic N) is 3. The lowest BCUT2D eigenvalue weighted by Crippen LogP contribution is -2.45. The van der Waals surface area contributed by atoms with Crippen molar-refractivity contribution in [2.75, 3.05) is 26.2 Å². The quantitative estimate of drug-likeness (QED) is 0.863. The third kappa shape index (κ3) is 3.72. The Morgan fingerprint density at radius 3 is 2.43 bits per heavy atom. The summed E-state index contributed by atoms with van der Waals surface area (Å²) in [7, 11) is 0. The molecule has 0 aliphatic carbocycles. The van der Waals surface area contributed by atoms with Gasteiger partial charge in [-0.3, -0.25) is 9.80 Å². The second-order valence-electron chi connectivity index (χ2n) is 5.44. The summed E-state index contributed by atoms with van der Waals surface area (Å²) < 4.78 is 5.40. The van der Waals surface area contributed by atoms with E-state index in [0.29, 0.717) is 0 Å². The normalized spacial score (nSPS) is 16.7. The largest absolute Gasteiger partial charge is 0.468 e. The van der Waals surface area contributed by atoms with Crippen LogP contribution in [0.1, 0.15) is 16.9 Å². The highest BCUT2D eigenvalue weighted by Gasteiger charge is 2.17. The molecule has 0 N–H and O–H groups in total. The van der Waals surface area contributed by atoms with Crippen LogP contribution in [0.5, 0.6) is 0 Å². The molecule has 3 rings (SSSR count). The molecule has 21 heavy (non-hydrogen) atoms. The van der Waals surface area contributed by atoms with Gasteiger partial charge in [0, 0.05) is 32.7 Å². The molecule has 4 heteroatoms. The standard InChI is InChI=1S/C17H19N3O/c18-12-15-3-1-4-16(11-15)13-19-6-8-20(9-7-19)14-17-5-2-10-21-17/h1-5,10-11H,6-9,13-14H2. The van der Waals surface area contributed by atoms with Gasteiger partial charge >= 0.3 is 0 Å². The Morgan fingerprint density at radius 2 is 1.76 bits per heavy atom. The van der Waals surface area contributed by atoms with Gasteiger partial charge < -0.3 is 4.42 Å². The van der Waals surface area contributed by atoms with Gasteiger partial charge in [-0.15, -0.1) is 0 Å². The van der Waals surface area contributed by atoms with Gasteiger partial charge in [0.1, 0.15) is 5.76 Å². The van der Waals surface area contributed by atoms with E-state index >= 15 is 0 Å². The zero-order chi connectivity index (χ0) is 14.5. The zero-order valence-corrected chi connectivity index (χ0v) is 12.0. The number of hydrogen-bond acceptors (Lipinski definition) is 4. The highest BCUT2D eigenvalue weighted by Crippen LogP contribution is 2.12. The van der Waals surface area contributed by atoms with Crippen molar-refractivity contribution in [2.45, 2.75) is 13.1 Å². The molecule has 0 saturated carbocycles. The number of hydrogen-bond donors (Lipinski definition) is 0. The molecule has 1 aliphatic rings. The fraction of sp³-hybridized carbons (Fsp3) is 0.353. The summed E-state index contributed by atoms with van der Waals surface area (Å²) in [6.07, 6.45) is 1.73. The van der Waals surface area contributed by atoms with Crippen LogP contribution < -0.4 is 0 Å². The van der Waals surface area contributed by atoms with Crippen molar-refractivity contribution in [3.05, 3.63) is 59.5 Å². The summed E-state index contributed by atoms with van der Waals surface area (Å²) in [6, 6.07) is 14.1. The lowest BCUT2D eigenvalue weighted by molar-refractivity contribution is 0.116. The highest BCUT2D eigenvalue weighted by atomic mass is 16.3. The number of piperazine rings is 1. The number of rotatable bonds is 4. The Bertz CT molecular complexity index is 607. The fourth-order valence-corrected chi connectivity index (χ4v) is 2.73. The van der Waals surface area contributed by atoms with Crippen molar-refractivity contribution in [1.29, 1.82) is 5.26 Å². The predicted molar refractivity (Wildman–Crippen MR) is 80.4 cm³/mol. The monoisotopic (exact) mass is 281 g/mol. The first kappa shape index (κ1) is 13.9. The second kappa shape index (κ2) is 6.57. The van der Waals surface area contributed by atoms with Crippen LogP contribution >= 0.6 is 0 Å². The Hall–Kier alpha value is -2.09.